The van der Waals surface area contributed by atoms with Crippen molar-refractivity contribution in [2.75, 3.05) is 19.8 Å². The molecule has 1 saturated heterocycles. The molecule has 1 amide bonds. The minimum absolute atomic E-state index is 0.0292. The fourth-order valence-corrected chi connectivity index (χ4v) is 2.06. The van der Waals surface area contributed by atoms with Crippen LogP contribution in [-0.4, -0.2) is 48.3 Å². The van der Waals surface area contributed by atoms with Crippen LogP contribution in [0.15, 0.2) is 0 Å². The van der Waals surface area contributed by atoms with E-state index in [4.69, 9.17) is 9.84 Å². The van der Waals surface area contributed by atoms with E-state index in [9.17, 15) is 9.59 Å². The van der Waals surface area contributed by atoms with Gasteiger partial charge in [0.15, 0.2) is 0 Å². The number of carboxylic acid groups (broad SMARTS) is 1. The molecule has 6 heteroatoms. The number of morpholine rings is 1. The van der Waals surface area contributed by atoms with E-state index >= 15 is 0 Å². The van der Waals surface area contributed by atoms with E-state index in [1.165, 1.54) is 0 Å². The van der Waals surface area contributed by atoms with Crippen LogP contribution in [0.1, 0.15) is 33.1 Å². The molecular weight excluding hydrogens is 236 g/mol. The van der Waals surface area contributed by atoms with Crippen LogP contribution in [0.3, 0.4) is 0 Å². The zero-order valence-corrected chi connectivity index (χ0v) is 11.0. The summed E-state index contributed by atoms with van der Waals surface area (Å²) < 4.78 is 5.25. The number of hydrogen-bond donors (Lipinski definition) is 3. The van der Waals surface area contributed by atoms with Gasteiger partial charge < -0.3 is 20.5 Å². The maximum Gasteiger partial charge on any atom is 0.329 e. The molecular formula is C12H22N2O4. The average Bonchev–Trinajstić information content (AvgIpc) is 2.30. The summed E-state index contributed by atoms with van der Waals surface area (Å²) in [5, 5.41) is 14.9. The molecule has 0 aromatic carbocycles. The minimum Gasteiger partial charge on any atom is -0.480 e. The molecule has 3 N–H and O–H groups in total. The fourth-order valence-electron chi connectivity index (χ4n) is 2.06. The molecule has 1 heterocycles. The molecule has 0 aliphatic carbocycles. The number of carbonyl (C=O) groups is 2. The van der Waals surface area contributed by atoms with E-state index in [-0.39, 0.29) is 18.4 Å². The molecule has 1 rings (SSSR count). The zero-order chi connectivity index (χ0) is 13.6. The lowest BCUT2D eigenvalue weighted by Crippen LogP contribution is -2.54. The van der Waals surface area contributed by atoms with E-state index in [1.54, 1.807) is 6.92 Å². The molecule has 1 aliphatic heterocycles. The van der Waals surface area contributed by atoms with Gasteiger partial charge in [-0.25, -0.2) is 4.79 Å². The summed E-state index contributed by atoms with van der Waals surface area (Å²) in [4.78, 5) is 23.0. The van der Waals surface area contributed by atoms with E-state index in [2.05, 4.69) is 10.6 Å². The summed E-state index contributed by atoms with van der Waals surface area (Å²) in [6.07, 6.45) is 1.36. The molecule has 0 aromatic rings. The maximum atomic E-state index is 11.8. The highest BCUT2D eigenvalue weighted by atomic mass is 16.5. The second-order valence-corrected chi connectivity index (χ2v) is 4.87. The molecule has 18 heavy (non-hydrogen) atoms. The first-order valence-corrected chi connectivity index (χ1v) is 6.33. The number of carboxylic acids is 1. The predicted molar refractivity (Wildman–Crippen MR) is 66.3 cm³/mol. The van der Waals surface area contributed by atoms with Gasteiger partial charge in [0.1, 0.15) is 5.54 Å². The Morgan fingerprint density at radius 3 is 2.78 bits per heavy atom. The number of aliphatic carboxylic acids is 1. The summed E-state index contributed by atoms with van der Waals surface area (Å²) in [6, 6.07) is -0.0292. The Bertz CT molecular complexity index is 302. The lowest BCUT2D eigenvalue weighted by atomic mass is 9.96. The molecule has 1 fully saturated rings. The second-order valence-electron chi connectivity index (χ2n) is 4.87. The van der Waals surface area contributed by atoms with Crippen molar-refractivity contribution in [1.82, 2.24) is 10.6 Å². The highest BCUT2D eigenvalue weighted by molar-refractivity contribution is 5.86. The van der Waals surface area contributed by atoms with Gasteiger partial charge in [0.05, 0.1) is 13.2 Å². The fraction of sp³-hybridized carbons (Fsp3) is 0.833. The maximum absolute atomic E-state index is 11.8. The molecule has 0 spiro atoms. The van der Waals surface area contributed by atoms with Gasteiger partial charge in [0.2, 0.25) is 5.91 Å². The van der Waals surface area contributed by atoms with Gasteiger partial charge in [-0.1, -0.05) is 13.3 Å². The Morgan fingerprint density at radius 2 is 2.28 bits per heavy atom. The third-order valence-electron chi connectivity index (χ3n) is 3.07. The molecule has 0 bridgehead atoms. The van der Waals surface area contributed by atoms with Crippen LogP contribution in [0.4, 0.5) is 0 Å². The van der Waals surface area contributed by atoms with Gasteiger partial charge in [-0.3, -0.25) is 4.79 Å². The molecule has 0 radical (unpaired) electrons. The van der Waals surface area contributed by atoms with Gasteiger partial charge in [0.25, 0.3) is 0 Å². The summed E-state index contributed by atoms with van der Waals surface area (Å²) in [6.45, 7) is 5.31. The highest BCUT2D eigenvalue weighted by Gasteiger charge is 2.34. The Balaban J connectivity index is 2.48. The second kappa shape index (κ2) is 6.70. The first-order valence-electron chi connectivity index (χ1n) is 6.33. The minimum atomic E-state index is -1.18. The van der Waals surface area contributed by atoms with E-state index in [0.717, 1.165) is 6.54 Å². The number of amides is 1. The van der Waals surface area contributed by atoms with Crippen molar-refractivity contribution in [2.24, 2.45) is 0 Å². The van der Waals surface area contributed by atoms with Gasteiger partial charge in [-0.2, -0.15) is 0 Å². The van der Waals surface area contributed by atoms with Crippen LogP contribution in [-0.2, 0) is 14.3 Å². The van der Waals surface area contributed by atoms with E-state index in [1.807, 2.05) is 6.92 Å². The average molecular weight is 258 g/mol. The normalized spacial score (nSPS) is 23.1. The topological polar surface area (TPSA) is 87.7 Å². The number of rotatable bonds is 6. The molecule has 1 aliphatic rings. The third kappa shape index (κ3) is 4.27. The van der Waals surface area contributed by atoms with Crippen LogP contribution < -0.4 is 10.6 Å². The molecule has 0 saturated carbocycles. The van der Waals surface area contributed by atoms with Gasteiger partial charge in [0, 0.05) is 19.0 Å². The third-order valence-corrected chi connectivity index (χ3v) is 3.07. The number of ether oxygens (including phenoxy) is 1. The molecule has 2 unspecified atom stereocenters. The summed E-state index contributed by atoms with van der Waals surface area (Å²) in [7, 11) is 0. The van der Waals surface area contributed by atoms with Crippen molar-refractivity contribution < 1.29 is 19.4 Å². The lowest BCUT2D eigenvalue weighted by molar-refractivity contribution is -0.147. The van der Waals surface area contributed by atoms with E-state index < -0.39 is 11.5 Å². The van der Waals surface area contributed by atoms with Crippen molar-refractivity contribution in [3.8, 4) is 0 Å². The first-order chi connectivity index (χ1) is 8.48. The van der Waals surface area contributed by atoms with Crippen molar-refractivity contribution >= 4 is 11.9 Å². The zero-order valence-electron chi connectivity index (χ0n) is 11.0. The van der Waals surface area contributed by atoms with Crippen LogP contribution >= 0.6 is 0 Å². The Labute approximate surface area is 107 Å². The van der Waals surface area contributed by atoms with E-state index in [0.29, 0.717) is 26.1 Å². The molecule has 2 atom stereocenters. The van der Waals surface area contributed by atoms with Crippen LogP contribution in [0.5, 0.6) is 0 Å². The summed E-state index contributed by atoms with van der Waals surface area (Å²) >= 11 is 0. The largest absolute Gasteiger partial charge is 0.480 e. The molecule has 104 valence electrons. The molecule has 0 aromatic heterocycles. The standard InChI is InChI=1S/C12H22N2O4/c1-3-4-12(2,11(16)17)14-10(15)7-9-8-18-6-5-13-9/h9,13H,3-8H2,1-2H3,(H,14,15)(H,16,17). The van der Waals surface area contributed by atoms with Crippen molar-refractivity contribution in [1.29, 1.82) is 0 Å². The Kier molecular flexibility index (Phi) is 5.55. The smallest absolute Gasteiger partial charge is 0.329 e. The Hall–Kier alpha value is -1.14. The van der Waals surface area contributed by atoms with Crippen LogP contribution in [0, 0.1) is 0 Å². The van der Waals surface area contributed by atoms with Crippen molar-refractivity contribution in [3.05, 3.63) is 0 Å². The van der Waals surface area contributed by atoms with Gasteiger partial charge in [-0.05, 0) is 13.3 Å². The molecule has 6 nitrogen and oxygen atoms in total. The predicted octanol–water partition coefficient (Wildman–Crippen LogP) is 0.125. The number of hydrogen-bond acceptors (Lipinski definition) is 4. The number of carbonyl (C=O) groups excluding carboxylic acids is 1. The summed E-state index contributed by atoms with van der Waals surface area (Å²) in [5.74, 6) is -1.25. The van der Waals surface area contributed by atoms with Gasteiger partial charge in [-0.15, -0.1) is 0 Å². The Morgan fingerprint density at radius 1 is 1.56 bits per heavy atom. The highest BCUT2D eigenvalue weighted by Crippen LogP contribution is 2.13. The monoisotopic (exact) mass is 258 g/mol. The number of nitrogens with one attached hydrogen (secondary N) is 2. The quantitative estimate of drug-likeness (QED) is 0.630. The lowest BCUT2D eigenvalue weighted by Gasteiger charge is -2.28. The first kappa shape index (κ1) is 14.9. The SMILES string of the molecule is CCCC(C)(NC(=O)CC1COCCN1)C(=O)O. The van der Waals surface area contributed by atoms with Gasteiger partial charge >= 0.3 is 5.97 Å². The van der Waals surface area contributed by atoms with Crippen LogP contribution in [0.2, 0.25) is 0 Å². The van der Waals surface area contributed by atoms with Crippen LogP contribution in [0.25, 0.3) is 0 Å². The van der Waals surface area contributed by atoms with Crippen molar-refractivity contribution in [2.45, 2.75) is 44.7 Å². The van der Waals surface area contributed by atoms with Crippen molar-refractivity contribution in [3.63, 3.8) is 0 Å². The summed E-state index contributed by atoms with van der Waals surface area (Å²) in [5.41, 5.74) is -1.18.